The molecule has 1 N–H and O–H groups in total. The van der Waals surface area contributed by atoms with Gasteiger partial charge in [0.15, 0.2) is 0 Å². The van der Waals surface area contributed by atoms with Gasteiger partial charge in [-0.1, -0.05) is 11.6 Å². The third-order valence-electron chi connectivity index (χ3n) is 2.03. The summed E-state index contributed by atoms with van der Waals surface area (Å²) in [4.78, 5) is 14.3. The van der Waals surface area contributed by atoms with Crippen LogP contribution in [0.15, 0.2) is 29.2 Å². The third-order valence-corrected chi connectivity index (χ3v) is 2.31. The Morgan fingerprint density at radius 1 is 1.38 bits per heavy atom. The number of nitrogens with one attached hydrogen (secondary N) is 1. The minimum atomic E-state index is -2.92. The van der Waals surface area contributed by atoms with Gasteiger partial charge in [-0.3, -0.25) is 4.79 Å². The fraction of sp³-hybridized carbons (Fsp3) is 0.100. The summed E-state index contributed by atoms with van der Waals surface area (Å²) >= 11 is 5.61. The molecule has 0 aliphatic heterocycles. The Morgan fingerprint density at radius 2 is 2.12 bits per heavy atom. The molecular formula is C10H6ClF2NO2. The van der Waals surface area contributed by atoms with E-state index in [1.165, 1.54) is 24.4 Å². The zero-order valence-corrected chi connectivity index (χ0v) is 8.59. The number of aromatic nitrogens is 1. The normalized spacial score (nSPS) is 11.0. The molecule has 84 valence electrons. The Balaban J connectivity index is 2.60. The molecule has 0 amide bonds. The van der Waals surface area contributed by atoms with Crippen molar-refractivity contribution in [2.75, 3.05) is 0 Å². The zero-order valence-electron chi connectivity index (χ0n) is 7.84. The molecule has 2 rings (SSSR count). The molecule has 0 spiro atoms. The average molecular weight is 246 g/mol. The fourth-order valence-corrected chi connectivity index (χ4v) is 1.50. The summed E-state index contributed by atoms with van der Waals surface area (Å²) in [6.45, 7) is -2.92. The molecule has 1 aromatic carbocycles. The molecule has 0 saturated carbocycles. The first-order valence-corrected chi connectivity index (χ1v) is 4.71. The van der Waals surface area contributed by atoms with Crippen LogP contribution in [0.5, 0.6) is 5.75 Å². The predicted molar refractivity (Wildman–Crippen MR) is 56.2 cm³/mol. The molecule has 0 atom stereocenters. The van der Waals surface area contributed by atoms with Gasteiger partial charge in [0.2, 0.25) is 5.43 Å². The van der Waals surface area contributed by atoms with Gasteiger partial charge in [-0.2, -0.15) is 8.78 Å². The zero-order chi connectivity index (χ0) is 11.7. The largest absolute Gasteiger partial charge is 0.435 e. The van der Waals surface area contributed by atoms with E-state index in [4.69, 9.17) is 11.6 Å². The standard InChI is InChI=1S/C10H6ClF2NO2/c11-7-4-14-8-2-1-5(16-10(12)13)3-6(8)9(7)15/h1-4,10H,(H,14,15). The fourth-order valence-electron chi connectivity index (χ4n) is 1.35. The predicted octanol–water partition coefficient (Wildman–Crippen LogP) is 2.78. The molecule has 16 heavy (non-hydrogen) atoms. The molecule has 1 aromatic heterocycles. The summed E-state index contributed by atoms with van der Waals surface area (Å²) < 4.78 is 28.1. The molecule has 0 saturated heterocycles. The van der Waals surface area contributed by atoms with Crippen LogP contribution in [0.3, 0.4) is 0 Å². The van der Waals surface area contributed by atoms with Crippen LogP contribution in [0.25, 0.3) is 10.9 Å². The van der Waals surface area contributed by atoms with Crippen LogP contribution in [-0.2, 0) is 0 Å². The molecule has 0 aliphatic rings. The van der Waals surface area contributed by atoms with Gasteiger partial charge < -0.3 is 9.72 Å². The van der Waals surface area contributed by atoms with E-state index in [1.54, 1.807) is 0 Å². The lowest BCUT2D eigenvalue weighted by molar-refractivity contribution is -0.0497. The van der Waals surface area contributed by atoms with Crippen molar-refractivity contribution in [3.05, 3.63) is 39.6 Å². The summed E-state index contributed by atoms with van der Waals surface area (Å²) in [5.41, 5.74) is 0.0890. The summed E-state index contributed by atoms with van der Waals surface area (Å²) in [5, 5.41) is 0.215. The second-order valence-electron chi connectivity index (χ2n) is 3.05. The van der Waals surface area contributed by atoms with Gasteiger partial charge >= 0.3 is 6.61 Å². The van der Waals surface area contributed by atoms with Crippen molar-refractivity contribution in [2.24, 2.45) is 0 Å². The number of fused-ring (bicyclic) bond motifs is 1. The molecule has 1 heterocycles. The van der Waals surface area contributed by atoms with Crippen LogP contribution < -0.4 is 10.2 Å². The Labute approximate surface area is 93.6 Å². The topological polar surface area (TPSA) is 42.1 Å². The summed E-state index contributed by atoms with van der Waals surface area (Å²) in [7, 11) is 0. The first-order chi connectivity index (χ1) is 7.58. The molecule has 0 bridgehead atoms. The highest BCUT2D eigenvalue weighted by molar-refractivity contribution is 6.31. The second kappa shape index (κ2) is 4.09. The van der Waals surface area contributed by atoms with E-state index in [1.807, 2.05) is 0 Å². The molecule has 0 fully saturated rings. The molecule has 3 nitrogen and oxygen atoms in total. The number of ether oxygens (including phenoxy) is 1. The van der Waals surface area contributed by atoms with Crippen LogP contribution in [0.4, 0.5) is 8.78 Å². The van der Waals surface area contributed by atoms with Crippen LogP contribution >= 0.6 is 11.6 Å². The van der Waals surface area contributed by atoms with E-state index >= 15 is 0 Å². The maximum atomic E-state index is 12.0. The van der Waals surface area contributed by atoms with Gasteiger partial charge in [0, 0.05) is 11.7 Å². The van der Waals surface area contributed by atoms with Gasteiger partial charge in [0.25, 0.3) is 0 Å². The lowest BCUT2D eigenvalue weighted by Crippen LogP contribution is -2.05. The number of halogens is 3. The van der Waals surface area contributed by atoms with Crippen LogP contribution in [-0.4, -0.2) is 11.6 Å². The van der Waals surface area contributed by atoms with E-state index in [9.17, 15) is 13.6 Å². The number of hydrogen-bond acceptors (Lipinski definition) is 2. The van der Waals surface area contributed by atoms with Crippen molar-refractivity contribution in [1.82, 2.24) is 4.98 Å². The van der Waals surface area contributed by atoms with E-state index in [0.717, 1.165) is 0 Å². The van der Waals surface area contributed by atoms with Gasteiger partial charge in [0.1, 0.15) is 10.8 Å². The SMILES string of the molecule is O=c1c(Cl)c[nH]c2ccc(OC(F)F)cc12. The number of H-pyrrole nitrogens is 1. The Kier molecular flexibility index (Phi) is 2.78. The Bertz CT molecular complexity index is 583. The monoisotopic (exact) mass is 245 g/mol. The van der Waals surface area contributed by atoms with Gasteiger partial charge in [-0.05, 0) is 18.2 Å². The van der Waals surface area contributed by atoms with Crippen molar-refractivity contribution in [1.29, 1.82) is 0 Å². The molecule has 6 heteroatoms. The highest BCUT2D eigenvalue weighted by Crippen LogP contribution is 2.19. The minimum Gasteiger partial charge on any atom is -0.435 e. The van der Waals surface area contributed by atoms with Crippen molar-refractivity contribution < 1.29 is 13.5 Å². The number of aromatic amines is 1. The lowest BCUT2D eigenvalue weighted by atomic mass is 10.2. The van der Waals surface area contributed by atoms with Crippen LogP contribution in [0, 0.1) is 0 Å². The first-order valence-electron chi connectivity index (χ1n) is 4.33. The molecule has 0 aliphatic carbocycles. The van der Waals surface area contributed by atoms with Crippen molar-refractivity contribution in [3.63, 3.8) is 0 Å². The molecule has 0 unspecified atom stereocenters. The van der Waals surface area contributed by atoms with Gasteiger partial charge in [-0.15, -0.1) is 0 Å². The van der Waals surface area contributed by atoms with Crippen molar-refractivity contribution >= 4 is 22.5 Å². The van der Waals surface area contributed by atoms with Gasteiger partial charge in [-0.25, -0.2) is 0 Å². The number of alkyl halides is 2. The van der Waals surface area contributed by atoms with Crippen molar-refractivity contribution in [2.45, 2.75) is 6.61 Å². The summed E-state index contributed by atoms with van der Waals surface area (Å²) in [5.74, 6) is -0.0738. The maximum Gasteiger partial charge on any atom is 0.387 e. The third kappa shape index (κ3) is 1.99. The highest BCUT2D eigenvalue weighted by atomic mass is 35.5. The molecular weight excluding hydrogens is 240 g/mol. The summed E-state index contributed by atoms with van der Waals surface area (Å²) in [6.07, 6.45) is 1.35. The van der Waals surface area contributed by atoms with Crippen LogP contribution in [0.1, 0.15) is 0 Å². The van der Waals surface area contributed by atoms with E-state index in [0.29, 0.717) is 5.52 Å². The number of hydrogen-bond donors (Lipinski definition) is 1. The smallest absolute Gasteiger partial charge is 0.387 e. The van der Waals surface area contributed by atoms with Gasteiger partial charge in [0.05, 0.1) is 5.39 Å². The lowest BCUT2D eigenvalue weighted by Gasteiger charge is -2.05. The van der Waals surface area contributed by atoms with E-state index in [2.05, 4.69) is 9.72 Å². The first kappa shape index (κ1) is 10.9. The van der Waals surface area contributed by atoms with E-state index < -0.39 is 12.0 Å². The summed E-state index contributed by atoms with van der Waals surface area (Å²) in [6, 6.07) is 4.05. The number of benzene rings is 1. The quantitative estimate of drug-likeness (QED) is 0.884. The molecule has 0 radical (unpaired) electrons. The van der Waals surface area contributed by atoms with Crippen LogP contribution in [0.2, 0.25) is 5.02 Å². The van der Waals surface area contributed by atoms with E-state index in [-0.39, 0.29) is 16.2 Å². The molecule has 2 aromatic rings. The number of pyridine rings is 1. The average Bonchev–Trinajstić information content (AvgIpc) is 2.23. The number of rotatable bonds is 2. The Morgan fingerprint density at radius 3 is 2.81 bits per heavy atom. The second-order valence-corrected chi connectivity index (χ2v) is 3.46. The Hall–Kier alpha value is -1.62. The maximum absolute atomic E-state index is 12.0. The minimum absolute atomic E-state index is 0.00157. The van der Waals surface area contributed by atoms with Crippen molar-refractivity contribution in [3.8, 4) is 5.75 Å². The highest BCUT2D eigenvalue weighted by Gasteiger charge is 2.08.